The first-order chi connectivity index (χ1) is 9.70. The molecule has 5 nitrogen and oxygen atoms in total. The standard InChI is InChI=1S/C14H11ClN2O3/c15-13-12(11(8-18)6-7-16-13)17-14(19)20-9-10-4-2-1-3-5-10/h1-8H,9H2,(H,17,19). The smallest absolute Gasteiger partial charge is 0.412 e. The Morgan fingerprint density at radius 2 is 2.05 bits per heavy atom. The minimum Gasteiger partial charge on any atom is -0.444 e. The first-order valence-electron chi connectivity index (χ1n) is 5.78. The molecular formula is C14H11ClN2O3. The van der Waals surface area contributed by atoms with E-state index in [-0.39, 0.29) is 23.0 Å². The number of rotatable bonds is 4. The highest BCUT2D eigenvalue weighted by Crippen LogP contribution is 2.22. The van der Waals surface area contributed by atoms with Crippen molar-refractivity contribution in [2.45, 2.75) is 6.61 Å². The predicted molar refractivity (Wildman–Crippen MR) is 74.9 cm³/mol. The van der Waals surface area contributed by atoms with Gasteiger partial charge in [-0.15, -0.1) is 0 Å². The maximum atomic E-state index is 11.7. The number of nitrogens with one attached hydrogen (secondary N) is 1. The third kappa shape index (κ3) is 3.55. The number of halogens is 1. The topological polar surface area (TPSA) is 68.3 Å². The van der Waals surface area contributed by atoms with Gasteiger partial charge in [-0.1, -0.05) is 41.9 Å². The molecule has 2 rings (SSSR count). The summed E-state index contributed by atoms with van der Waals surface area (Å²) in [6.45, 7) is 0.126. The molecule has 6 heteroatoms. The second-order valence-electron chi connectivity index (χ2n) is 3.87. The lowest BCUT2D eigenvalue weighted by atomic mass is 10.2. The molecule has 0 atom stereocenters. The summed E-state index contributed by atoms with van der Waals surface area (Å²) in [6.07, 6.45) is 1.26. The summed E-state index contributed by atoms with van der Waals surface area (Å²) in [6, 6.07) is 10.7. The molecule has 1 amide bonds. The minimum absolute atomic E-state index is 0.0336. The Labute approximate surface area is 120 Å². The molecule has 0 fully saturated rings. The summed E-state index contributed by atoms with van der Waals surface area (Å²) < 4.78 is 5.03. The molecule has 2 aromatic rings. The van der Waals surface area contributed by atoms with Crippen LogP contribution >= 0.6 is 11.6 Å². The van der Waals surface area contributed by atoms with Crippen LogP contribution in [0.4, 0.5) is 10.5 Å². The fraction of sp³-hybridized carbons (Fsp3) is 0.0714. The van der Waals surface area contributed by atoms with Gasteiger partial charge in [-0.3, -0.25) is 10.1 Å². The number of nitrogens with zero attached hydrogens (tertiary/aromatic N) is 1. The van der Waals surface area contributed by atoms with Crippen molar-refractivity contribution in [1.82, 2.24) is 4.98 Å². The molecule has 0 aliphatic carbocycles. The van der Waals surface area contributed by atoms with Crippen LogP contribution in [0.15, 0.2) is 42.6 Å². The maximum Gasteiger partial charge on any atom is 0.412 e. The number of pyridine rings is 1. The van der Waals surface area contributed by atoms with Gasteiger partial charge in [0.2, 0.25) is 0 Å². The molecular weight excluding hydrogens is 280 g/mol. The number of aromatic nitrogens is 1. The number of hydrogen-bond donors (Lipinski definition) is 1. The first kappa shape index (κ1) is 14.0. The number of amides is 1. The van der Waals surface area contributed by atoms with Crippen molar-refractivity contribution in [2.24, 2.45) is 0 Å². The van der Waals surface area contributed by atoms with Crippen LogP contribution in [0.3, 0.4) is 0 Å². The predicted octanol–water partition coefficient (Wildman–Crippen LogP) is 3.30. The highest BCUT2D eigenvalue weighted by atomic mass is 35.5. The summed E-state index contributed by atoms with van der Waals surface area (Å²) in [5.41, 5.74) is 1.24. The third-order valence-corrected chi connectivity index (χ3v) is 2.79. The summed E-state index contributed by atoms with van der Waals surface area (Å²) in [7, 11) is 0. The molecule has 1 heterocycles. The summed E-state index contributed by atoms with van der Waals surface area (Å²) in [4.78, 5) is 26.3. The van der Waals surface area contributed by atoms with Gasteiger partial charge in [0.25, 0.3) is 0 Å². The molecule has 0 saturated carbocycles. The van der Waals surface area contributed by atoms with Crippen molar-refractivity contribution in [1.29, 1.82) is 0 Å². The summed E-state index contributed by atoms with van der Waals surface area (Å²) >= 11 is 5.83. The summed E-state index contributed by atoms with van der Waals surface area (Å²) in [5, 5.41) is 2.45. The van der Waals surface area contributed by atoms with Gasteiger partial charge >= 0.3 is 6.09 Å². The molecule has 1 aromatic heterocycles. The average Bonchev–Trinajstić information content (AvgIpc) is 2.48. The van der Waals surface area contributed by atoms with Crippen molar-refractivity contribution in [3.8, 4) is 0 Å². The molecule has 0 saturated heterocycles. The Balaban J connectivity index is 2.00. The Hall–Kier alpha value is -2.40. The van der Waals surface area contributed by atoms with Crippen LogP contribution in [0.2, 0.25) is 5.15 Å². The fourth-order valence-corrected chi connectivity index (χ4v) is 1.75. The van der Waals surface area contributed by atoms with Gasteiger partial charge in [0, 0.05) is 11.8 Å². The molecule has 1 aromatic carbocycles. The zero-order chi connectivity index (χ0) is 14.4. The van der Waals surface area contributed by atoms with Gasteiger partial charge < -0.3 is 4.74 Å². The number of hydrogen-bond acceptors (Lipinski definition) is 4. The van der Waals surface area contributed by atoms with Crippen molar-refractivity contribution in [3.05, 3.63) is 58.9 Å². The van der Waals surface area contributed by atoms with Crippen molar-refractivity contribution < 1.29 is 14.3 Å². The van der Waals surface area contributed by atoms with Crippen LogP contribution in [0.1, 0.15) is 15.9 Å². The second kappa shape index (κ2) is 6.68. The number of anilines is 1. The number of carbonyl (C=O) groups excluding carboxylic acids is 2. The third-order valence-electron chi connectivity index (χ3n) is 2.50. The Morgan fingerprint density at radius 3 is 2.75 bits per heavy atom. The Kier molecular flexibility index (Phi) is 4.68. The zero-order valence-electron chi connectivity index (χ0n) is 10.4. The van der Waals surface area contributed by atoms with Gasteiger partial charge in [-0.05, 0) is 11.6 Å². The molecule has 0 radical (unpaired) electrons. The highest BCUT2D eigenvalue weighted by molar-refractivity contribution is 6.33. The normalized spacial score (nSPS) is 9.85. The van der Waals surface area contributed by atoms with E-state index >= 15 is 0 Å². The molecule has 0 spiro atoms. The lowest BCUT2D eigenvalue weighted by Crippen LogP contribution is -2.15. The van der Waals surface area contributed by atoms with E-state index in [1.807, 2.05) is 30.3 Å². The fourth-order valence-electron chi connectivity index (χ4n) is 1.53. The van der Waals surface area contributed by atoms with E-state index in [1.165, 1.54) is 12.3 Å². The van der Waals surface area contributed by atoms with Crippen molar-refractivity contribution >= 4 is 29.7 Å². The number of ether oxygens (including phenoxy) is 1. The number of aldehydes is 1. The molecule has 1 N–H and O–H groups in total. The monoisotopic (exact) mass is 290 g/mol. The number of benzene rings is 1. The van der Waals surface area contributed by atoms with E-state index in [2.05, 4.69) is 10.3 Å². The van der Waals surface area contributed by atoms with Crippen LogP contribution in [0, 0.1) is 0 Å². The van der Waals surface area contributed by atoms with Crippen LogP contribution in [-0.4, -0.2) is 17.4 Å². The zero-order valence-corrected chi connectivity index (χ0v) is 11.1. The lowest BCUT2D eigenvalue weighted by Gasteiger charge is -2.09. The Morgan fingerprint density at radius 1 is 1.30 bits per heavy atom. The maximum absolute atomic E-state index is 11.7. The van der Waals surface area contributed by atoms with Crippen LogP contribution in [0.5, 0.6) is 0 Å². The van der Waals surface area contributed by atoms with Crippen LogP contribution in [0.25, 0.3) is 0 Å². The minimum atomic E-state index is -0.702. The van der Waals surface area contributed by atoms with Gasteiger partial charge in [-0.2, -0.15) is 0 Å². The molecule has 0 bridgehead atoms. The van der Waals surface area contributed by atoms with E-state index < -0.39 is 6.09 Å². The Bertz CT molecular complexity index is 617. The van der Waals surface area contributed by atoms with E-state index in [9.17, 15) is 9.59 Å². The SMILES string of the molecule is O=Cc1ccnc(Cl)c1NC(=O)OCc1ccccc1. The number of carbonyl (C=O) groups is 2. The van der Waals surface area contributed by atoms with Crippen LogP contribution < -0.4 is 5.32 Å². The molecule has 0 aliphatic heterocycles. The first-order valence-corrected chi connectivity index (χ1v) is 6.16. The van der Waals surface area contributed by atoms with E-state index in [1.54, 1.807) is 0 Å². The van der Waals surface area contributed by atoms with E-state index in [0.29, 0.717) is 6.29 Å². The molecule has 0 unspecified atom stereocenters. The molecule has 20 heavy (non-hydrogen) atoms. The van der Waals surface area contributed by atoms with Crippen molar-refractivity contribution in [3.63, 3.8) is 0 Å². The quantitative estimate of drug-likeness (QED) is 0.693. The average molecular weight is 291 g/mol. The van der Waals surface area contributed by atoms with Gasteiger partial charge in [0.1, 0.15) is 6.61 Å². The van der Waals surface area contributed by atoms with E-state index in [4.69, 9.17) is 16.3 Å². The highest BCUT2D eigenvalue weighted by Gasteiger charge is 2.12. The van der Waals surface area contributed by atoms with E-state index in [0.717, 1.165) is 5.56 Å². The molecule has 102 valence electrons. The van der Waals surface area contributed by atoms with Gasteiger partial charge in [0.05, 0.1) is 5.69 Å². The van der Waals surface area contributed by atoms with Crippen molar-refractivity contribution in [2.75, 3.05) is 5.32 Å². The van der Waals surface area contributed by atoms with Gasteiger partial charge in [-0.25, -0.2) is 9.78 Å². The second-order valence-corrected chi connectivity index (χ2v) is 4.23. The van der Waals surface area contributed by atoms with Crippen LogP contribution in [-0.2, 0) is 11.3 Å². The largest absolute Gasteiger partial charge is 0.444 e. The lowest BCUT2D eigenvalue weighted by molar-refractivity contribution is 0.112. The summed E-state index contributed by atoms with van der Waals surface area (Å²) in [5.74, 6) is 0. The van der Waals surface area contributed by atoms with Gasteiger partial charge in [0.15, 0.2) is 11.4 Å². The molecule has 0 aliphatic rings.